The van der Waals surface area contributed by atoms with Crippen LogP contribution < -0.4 is 4.74 Å². The van der Waals surface area contributed by atoms with Gasteiger partial charge < -0.3 is 19.0 Å². The van der Waals surface area contributed by atoms with Gasteiger partial charge in [0.1, 0.15) is 11.5 Å². The summed E-state index contributed by atoms with van der Waals surface area (Å²) in [4.78, 5) is 33.3. The van der Waals surface area contributed by atoms with Crippen molar-refractivity contribution >= 4 is 11.8 Å². The van der Waals surface area contributed by atoms with Crippen molar-refractivity contribution in [3.63, 3.8) is 0 Å². The molecule has 2 amide bonds. The van der Waals surface area contributed by atoms with Gasteiger partial charge in [0, 0.05) is 32.1 Å². The molecule has 2 aliphatic rings. The number of amides is 2. The summed E-state index contributed by atoms with van der Waals surface area (Å²) in [5.41, 5.74) is 0.441. The number of para-hydroxylation sites is 1. The number of carbonyl (C=O) groups is 2. The number of benzene rings is 1. The molecule has 2 aromatic rings. The van der Waals surface area contributed by atoms with Crippen LogP contribution in [0.15, 0.2) is 34.7 Å². The Kier molecular flexibility index (Phi) is 5.83. The van der Waals surface area contributed by atoms with E-state index in [-0.39, 0.29) is 24.3 Å². The fourth-order valence-corrected chi connectivity index (χ4v) is 3.99. The van der Waals surface area contributed by atoms with E-state index in [9.17, 15) is 9.59 Å². The van der Waals surface area contributed by atoms with Gasteiger partial charge in [0.05, 0.1) is 0 Å². The summed E-state index contributed by atoms with van der Waals surface area (Å²) in [5, 5.41) is 0. The first kappa shape index (κ1) is 19.5. The summed E-state index contributed by atoms with van der Waals surface area (Å²) in [6, 6.07) is 9.35. The van der Waals surface area contributed by atoms with E-state index in [0.717, 1.165) is 38.8 Å². The molecule has 29 heavy (non-hydrogen) atoms. The highest BCUT2D eigenvalue weighted by molar-refractivity contribution is 5.93. The summed E-state index contributed by atoms with van der Waals surface area (Å²) in [7, 11) is 0. The number of piperidine rings is 1. The third-order valence-corrected chi connectivity index (χ3v) is 5.71. The summed E-state index contributed by atoms with van der Waals surface area (Å²) < 4.78 is 11.4. The Morgan fingerprint density at radius 1 is 1.07 bits per heavy atom. The molecule has 2 fully saturated rings. The van der Waals surface area contributed by atoms with Crippen LogP contribution in [0.25, 0.3) is 0 Å². The number of likely N-dealkylation sites (tertiary alicyclic amines) is 2. The van der Waals surface area contributed by atoms with Gasteiger partial charge in [-0.3, -0.25) is 9.59 Å². The maximum Gasteiger partial charge on any atom is 0.276 e. The first-order valence-corrected chi connectivity index (χ1v) is 10.3. The van der Waals surface area contributed by atoms with E-state index in [1.54, 1.807) is 6.92 Å². The minimum Gasteiger partial charge on any atom is -0.484 e. The topological polar surface area (TPSA) is 75.9 Å². The Balaban J connectivity index is 1.31. The molecule has 0 spiro atoms. The number of hydrogen-bond donors (Lipinski definition) is 0. The standard InChI is InChI=1S/C22H27N3O4/c1-16-20(22(27)25-11-5-6-12-25)23-21(29-16)17-9-13-24(14-10-17)19(26)15-28-18-7-3-2-4-8-18/h2-4,7-8,17H,5-6,9-15H2,1H3. The minimum absolute atomic E-state index is 0.0132. The zero-order chi connectivity index (χ0) is 20.2. The molecule has 2 aliphatic heterocycles. The Morgan fingerprint density at radius 3 is 2.45 bits per heavy atom. The molecule has 0 aliphatic carbocycles. The SMILES string of the molecule is Cc1oc(C2CCN(C(=O)COc3ccccc3)CC2)nc1C(=O)N1CCCC1. The van der Waals surface area contributed by atoms with Gasteiger partial charge in [-0.05, 0) is 44.7 Å². The van der Waals surface area contributed by atoms with Crippen LogP contribution in [0.5, 0.6) is 5.75 Å². The Labute approximate surface area is 170 Å². The van der Waals surface area contributed by atoms with Crippen LogP contribution >= 0.6 is 0 Å². The number of oxazole rings is 1. The van der Waals surface area contributed by atoms with Gasteiger partial charge in [0.2, 0.25) is 0 Å². The van der Waals surface area contributed by atoms with E-state index in [4.69, 9.17) is 9.15 Å². The van der Waals surface area contributed by atoms with E-state index in [1.165, 1.54) is 0 Å². The highest BCUT2D eigenvalue weighted by Gasteiger charge is 2.30. The van der Waals surface area contributed by atoms with Crippen LogP contribution in [-0.2, 0) is 4.79 Å². The van der Waals surface area contributed by atoms with Gasteiger partial charge in [-0.2, -0.15) is 0 Å². The van der Waals surface area contributed by atoms with E-state index in [1.807, 2.05) is 40.1 Å². The number of nitrogens with zero attached hydrogens (tertiary/aromatic N) is 3. The van der Waals surface area contributed by atoms with Crippen molar-refractivity contribution in [1.29, 1.82) is 0 Å². The first-order valence-electron chi connectivity index (χ1n) is 10.3. The predicted octanol–water partition coefficient (Wildman–Crippen LogP) is 3.00. The van der Waals surface area contributed by atoms with Gasteiger partial charge in [0.15, 0.2) is 18.2 Å². The average Bonchev–Trinajstić information content (AvgIpc) is 3.42. The molecular formula is C22H27N3O4. The average molecular weight is 397 g/mol. The molecule has 0 atom stereocenters. The molecular weight excluding hydrogens is 370 g/mol. The largest absolute Gasteiger partial charge is 0.484 e. The number of rotatable bonds is 5. The van der Waals surface area contributed by atoms with Crippen molar-refractivity contribution in [1.82, 2.24) is 14.8 Å². The first-order chi connectivity index (χ1) is 14.1. The number of hydrogen-bond acceptors (Lipinski definition) is 5. The molecule has 3 heterocycles. The highest BCUT2D eigenvalue weighted by Crippen LogP contribution is 2.29. The lowest BCUT2D eigenvalue weighted by Gasteiger charge is -2.30. The molecule has 154 valence electrons. The van der Waals surface area contributed by atoms with Crippen LogP contribution in [0.1, 0.15) is 53.7 Å². The third-order valence-electron chi connectivity index (χ3n) is 5.71. The molecule has 4 rings (SSSR count). The smallest absolute Gasteiger partial charge is 0.276 e. The van der Waals surface area contributed by atoms with Gasteiger partial charge in [-0.15, -0.1) is 0 Å². The molecule has 0 saturated carbocycles. The minimum atomic E-state index is -0.0272. The maximum absolute atomic E-state index is 12.6. The monoisotopic (exact) mass is 397 g/mol. The Morgan fingerprint density at radius 2 is 1.76 bits per heavy atom. The summed E-state index contributed by atoms with van der Waals surface area (Å²) in [6.07, 6.45) is 3.65. The van der Waals surface area contributed by atoms with Gasteiger partial charge in [-0.25, -0.2) is 4.98 Å². The van der Waals surface area contributed by atoms with Gasteiger partial charge >= 0.3 is 0 Å². The molecule has 0 N–H and O–H groups in total. The van der Waals surface area contributed by atoms with Gasteiger partial charge in [-0.1, -0.05) is 18.2 Å². The lowest BCUT2D eigenvalue weighted by Crippen LogP contribution is -2.40. The summed E-state index contributed by atoms with van der Waals surface area (Å²) in [6.45, 7) is 4.72. The lowest BCUT2D eigenvalue weighted by molar-refractivity contribution is -0.134. The van der Waals surface area contributed by atoms with E-state index in [0.29, 0.717) is 36.2 Å². The molecule has 2 saturated heterocycles. The molecule has 1 aromatic carbocycles. The quantitative estimate of drug-likeness (QED) is 0.775. The second kappa shape index (κ2) is 8.68. The molecule has 0 bridgehead atoms. The normalized spacial score (nSPS) is 17.6. The Hall–Kier alpha value is -2.83. The van der Waals surface area contributed by atoms with Crippen LogP contribution in [-0.4, -0.2) is 59.4 Å². The van der Waals surface area contributed by atoms with Crippen molar-refractivity contribution in [3.8, 4) is 5.75 Å². The van der Waals surface area contributed by atoms with Crippen molar-refractivity contribution < 1.29 is 18.7 Å². The highest BCUT2D eigenvalue weighted by atomic mass is 16.5. The fourth-order valence-electron chi connectivity index (χ4n) is 3.99. The van der Waals surface area contributed by atoms with Crippen molar-refractivity contribution in [2.24, 2.45) is 0 Å². The van der Waals surface area contributed by atoms with Crippen LogP contribution in [0.2, 0.25) is 0 Å². The molecule has 7 nitrogen and oxygen atoms in total. The van der Waals surface area contributed by atoms with Gasteiger partial charge in [0.25, 0.3) is 11.8 Å². The van der Waals surface area contributed by atoms with Crippen molar-refractivity contribution in [2.45, 2.75) is 38.5 Å². The Bertz CT molecular complexity index is 850. The summed E-state index contributed by atoms with van der Waals surface area (Å²) in [5.74, 6) is 2.00. The van der Waals surface area contributed by atoms with E-state index >= 15 is 0 Å². The molecule has 1 aromatic heterocycles. The molecule has 0 unspecified atom stereocenters. The second-order valence-electron chi connectivity index (χ2n) is 7.71. The van der Waals surface area contributed by atoms with Crippen molar-refractivity contribution in [3.05, 3.63) is 47.7 Å². The number of ether oxygens (including phenoxy) is 1. The van der Waals surface area contributed by atoms with Crippen molar-refractivity contribution in [2.75, 3.05) is 32.8 Å². The van der Waals surface area contributed by atoms with E-state index < -0.39 is 0 Å². The third kappa shape index (κ3) is 4.44. The number of aryl methyl sites for hydroxylation is 1. The lowest BCUT2D eigenvalue weighted by atomic mass is 9.97. The zero-order valence-electron chi connectivity index (χ0n) is 16.8. The van der Waals surface area contributed by atoms with Crippen LogP contribution in [0, 0.1) is 6.92 Å². The predicted molar refractivity (Wildman–Crippen MR) is 107 cm³/mol. The zero-order valence-corrected chi connectivity index (χ0v) is 16.8. The van der Waals surface area contributed by atoms with Crippen LogP contribution in [0.4, 0.5) is 0 Å². The second-order valence-corrected chi connectivity index (χ2v) is 7.71. The molecule has 0 radical (unpaired) electrons. The number of carbonyl (C=O) groups excluding carboxylic acids is 2. The molecule has 7 heteroatoms. The maximum atomic E-state index is 12.6. The number of aromatic nitrogens is 1. The fraction of sp³-hybridized carbons (Fsp3) is 0.500. The van der Waals surface area contributed by atoms with Crippen LogP contribution in [0.3, 0.4) is 0 Å². The summed E-state index contributed by atoms with van der Waals surface area (Å²) >= 11 is 0. The van der Waals surface area contributed by atoms with E-state index in [2.05, 4.69) is 4.98 Å².